The van der Waals surface area contributed by atoms with Crippen LogP contribution in [-0.2, 0) is 9.53 Å². The van der Waals surface area contributed by atoms with Gasteiger partial charge >= 0.3 is 12.0 Å². The summed E-state index contributed by atoms with van der Waals surface area (Å²) in [5, 5.41) is 2.84. The molecule has 7 heteroatoms. The number of esters is 1. The Hall–Kier alpha value is -2.70. The molecule has 7 nitrogen and oxygen atoms in total. The number of hydrogen-bond donors (Lipinski definition) is 1. The van der Waals surface area contributed by atoms with Crippen molar-refractivity contribution in [3.8, 4) is 11.5 Å². The van der Waals surface area contributed by atoms with Crippen molar-refractivity contribution in [3.05, 3.63) is 35.0 Å². The van der Waals surface area contributed by atoms with Gasteiger partial charge in [-0.2, -0.15) is 0 Å². The van der Waals surface area contributed by atoms with Crippen LogP contribution in [0.2, 0.25) is 0 Å². The zero-order valence-electron chi connectivity index (χ0n) is 15.4. The van der Waals surface area contributed by atoms with E-state index in [1.807, 2.05) is 0 Å². The molecule has 1 unspecified atom stereocenters. The standard InChI is InChI=1S/C18H24N2O5/c1-10(2)25-17(21)15-11(3)20(4)18(22)19-16(15)13-8-7-12(23-5)9-14(13)24-6/h7-10,16H,1-6H3,(H,19,22). The van der Waals surface area contributed by atoms with E-state index in [9.17, 15) is 9.59 Å². The average Bonchev–Trinajstić information content (AvgIpc) is 2.57. The van der Waals surface area contributed by atoms with Crippen LogP contribution in [0.1, 0.15) is 32.4 Å². The maximum Gasteiger partial charge on any atom is 0.338 e. The Morgan fingerprint density at radius 2 is 1.92 bits per heavy atom. The van der Waals surface area contributed by atoms with Gasteiger partial charge in [0.1, 0.15) is 11.5 Å². The number of nitrogens with one attached hydrogen (secondary N) is 1. The topological polar surface area (TPSA) is 77.1 Å². The fourth-order valence-corrected chi connectivity index (χ4v) is 2.67. The van der Waals surface area contributed by atoms with Crippen LogP contribution in [0.25, 0.3) is 0 Å². The van der Waals surface area contributed by atoms with E-state index in [4.69, 9.17) is 14.2 Å². The van der Waals surface area contributed by atoms with Crippen molar-refractivity contribution in [2.75, 3.05) is 21.3 Å². The first kappa shape index (κ1) is 18.6. The molecule has 1 aliphatic rings. The molecule has 1 atom stereocenters. The monoisotopic (exact) mass is 348 g/mol. The van der Waals surface area contributed by atoms with Crippen molar-refractivity contribution in [1.29, 1.82) is 0 Å². The van der Waals surface area contributed by atoms with Gasteiger partial charge in [0.15, 0.2) is 0 Å². The molecule has 2 rings (SSSR count). The van der Waals surface area contributed by atoms with Gasteiger partial charge in [-0.3, -0.25) is 0 Å². The molecule has 2 amide bonds. The molecule has 1 aromatic carbocycles. The van der Waals surface area contributed by atoms with Crippen LogP contribution in [0.3, 0.4) is 0 Å². The summed E-state index contributed by atoms with van der Waals surface area (Å²) in [6.45, 7) is 5.28. The number of benzene rings is 1. The Morgan fingerprint density at radius 1 is 1.24 bits per heavy atom. The highest BCUT2D eigenvalue weighted by atomic mass is 16.5. The largest absolute Gasteiger partial charge is 0.497 e. The normalized spacial score (nSPS) is 17.5. The number of carbonyl (C=O) groups is 2. The zero-order valence-corrected chi connectivity index (χ0v) is 15.4. The molecule has 1 N–H and O–H groups in total. The highest BCUT2D eigenvalue weighted by Crippen LogP contribution is 2.37. The molecule has 0 radical (unpaired) electrons. The predicted molar refractivity (Wildman–Crippen MR) is 92.5 cm³/mol. The van der Waals surface area contributed by atoms with Crippen LogP contribution in [0.5, 0.6) is 11.5 Å². The summed E-state index contributed by atoms with van der Waals surface area (Å²) in [4.78, 5) is 26.3. The molecule has 25 heavy (non-hydrogen) atoms. The van der Waals surface area contributed by atoms with E-state index in [0.29, 0.717) is 28.3 Å². The lowest BCUT2D eigenvalue weighted by molar-refractivity contribution is -0.143. The molecule has 136 valence electrons. The number of rotatable bonds is 5. The molecular weight excluding hydrogens is 324 g/mol. The average molecular weight is 348 g/mol. The summed E-state index contributed by atoms with van der Waals surface area (Å²) in [6.07, 6.45) is -0.269. The van der Waals surface area contributed by atoms with Gasteiger partial charge in [0.2, 0.25) is 0 Å². The van der Waals surface area contributed by atoms with Crippen molar-refractivity contribution in [2.24, 2.45) is 0 Å². The first-order valence-corrected chi connectivity index (χ1v) is 7.98. The molecule has 0 saturated carbocycles. The van der Waals surface area contributed by atoms with E-state index in [1.54, 1.807) is 53.1 Å². The smallest absolute Gasteiger partial charge is 0.338 e. The maximum absolute atomic E-state index is 12.7. The number of nitrogens with zero attached hydrogens (tertiary/aromatic N) is 1. The molecule has 0 aromatic heterocycles. The van der Waals surface area contributed by atoms with Gasteiger partial charge in [0, 0.05) is 24.4 Å². The minimum absolute atomic E-state index is 0.269. The summed E-state index contributed by atoms with van der Waals surface area (Å²) >= 11 is 0. The van der Waals surface area contributed by atoms with Crippen molar-refractivity contribution >= 4 is 12.0 Å². The number of hydrogen-bond acceptors (Lipinski definition) is 5. The predicted octanol–water partition coefficient (Wildman–Crippen LogP) is 2.63. The first-order valence-electron chi connectivity index (χ1n) is 7.98. The van der Waals surface area contributed by atoms with Crippen LogP contribution in [0.15, 0.2) is 29.5 Å². The lowest BCUT2D eigenvalue weighted by Gasteiger charge is -2.34. The third-order valence-electron chi connectivity index (χ3n) is 4.07. The highest BCUT2D eigenvalue weighted by molar-refractivity contribution is 5.95. The fourth-order valence-electron chi connectivity index (χ4n) is 2.67. The molecule has 0 bridgehead atoms. The second-order valence-electron chi connectivity index (χ2n) is 6.00. The van der Waals surface area contributed by atoms with Gasteiger partial charge in [0.25, 0.3) is 0 Å². The van der Waals surface area contributed by atoms with Gasteiger partial charge in [-0.25, -0.2) is 9.59 Å². The molecule has 0 fully saturated rings. The molecule has 0 saturated heterocycles. The molecular formula is C18H24N2O5. The van der Waals surface area contributed by atoms with E-state index in [1.165, 1.54) is 12.0 Å². The number of methoxy groups -OCH3 is 2. The van der Waals surface area contributed by atoms with Crippen molar-refractivity contribution in [3.63, 3.8) is 0 Å². The first-order chi connectivity index (χ1) is 11.8. The molecule has 1 aliphatic heterocycles. The number of ether oxygens (including phenoxy) is 3. The third kappa shape index (κ3) is 3.70. The Kier molecular flexibility index (Phi) is 5.56. The van der Waals surface area contributed by atoms with Crippen molar-refractivity contribution in [1.82, 2.24) is 10.2 Å². The van der Waals surface area contributed by atoms with E-state index in [0.717, 1.165) is 0 Å². The highest BCUT2D eigenvalue weighted by Gasteiger charge is 2.36. The van der Waals surface area contributed by atoms with E-state index in [-0.39, 0.29) is 12.1 Å². The van der Waals surface area contributed by atoms with Gasteiger partial charge < -0.3 is 24.4 Å². The summed E-state index contributed by atoms with van der Waals surface area (Å²) < 4.78 is 16.0. The third-order valence-corrected chi connectivity index (χ3v) is 4.07. The van der Waals surface area contributed by atoms with E-state index < -0.39 is 12.0 Å². The van der Waals surface area contributed by atoms with Crippen LogP contribution < -0.4 is 14.8 Å². The number of urea groups is 1. The number of carbonyl (C=O) groups excluding carboxylic acids is 2. The van der Waals surface area contributed by atoms with E-state index >= 15 is 0 Å². The second kappa shape index (κ2) is 7.46. The Balaban J connectivity index is 2.57. The van der Waals surface area contributed by atoms with Crippen LogP contribution in [0.4, 0.5) is 4.79 Å². The molecule has 0 aliphatic carbocycles. The summed E-state index contributed by atoms with van der Waals surface area (Å²) in [5.41, 5.74) is 1.57. The Labute approximate surface area is 147 Å². The van der Waals surface area contributed by atoms with Crippen molar-refractivity contribution in [2.45, 2.75) is 32.9 Å². The minimum Gasteiger partial charge on any atom is -0.497 e. The van der Waals surface area contributed by atoms with Gasteiger partial charge in [-0.05, 0) is 32.9 Å². The quantitative estimate of drug-likeness (QED) is 0.828. The van der Waals surface area contributed by atoms with Crippen molar-refractivity contribution < 1.29 is 23.8 Å². The van der Waals surface area contributed by atoms with Gasteiger partial charge in [-0.1, -0.05) is 0 Å². The van der Waals surface area contributed by atoms with Crippen LogP contribution >= 0.6 is 0 Å². The fraction of sp³-hybridized carbons (Fsp3) is 0.444. The summed E-state index contributed by atoms with van der Waals surface area (Å²) in [6, 6.07) is 4.25. The summed E-state index contributed by atoms with van der Waals surface area (Å²) in [5.74, 6) is 0.658. The zero-order chi connectivity index (χ0) is 18.7. The Morgan fingerprint density at radius 3 is 2.48 bits per heavy atom. The second-order valence-corrected chi connectivity index (χ2v) is 6.00. The van der Waals surface area contributed by atoms with E-state index in [2.05, 4.69) is 5.32 Å². The number of amides is 2. The lowest BCUT2D eigenvalue weighted by atomic mass is 9.94. The number of allylic oxidation sites excluding steroid dienone is 1. The van der Waals surface area contributed by atoms with Crippen LogP contribution in [0, 0.1) is 0 Å². The van der Waals surface area contributed by atoms with Gasteiger partial charge in [0.05, 0.1) is 31.9 Å². The van der Waals surface area contributed by atoms with Gasteiger partial charge in [-0.15, -0.1) is 0 Å². The molecule has 0 spiro atoms. The lowest BCUT2D eigenvalue weighted by Crippen LogP contribution is -2.46. The maximum atomic E-state index is 12.7. The minimum atomic E-state index is -0.671. The molecule has 1 aromatic rings. The Bertz CT molecular complexity index is 711. The van der Waals surface area contributed by atoms with Crippen LogP contribution in [-0.4, -0.2) is 44.3 Å². The SMILES string of the molecule is COc1ccc(C2NC(=O)N(C)C(C)=C2C(=O)OC(C)C)c(OC)c1. The summed E-state index contributed by atoms with van der Waals surface area (Å²) in [7, 11) is 4.69. The molecule has 1 heterocycles.